The Morgan fingerprint density at radius 1 is 1.10 bits per heavy atom. The van der Waals surface area contributed by atoms with Gasteiger partial charge in [-0.3, -0.25) is 9.78 Å². The Hall–Kier alpha value is -2.60. The minimum absolute atomic E-state index is 0.0197. The van der Waals surface area contributed by atoms with E-state index in [2.05, 4.69) is 20.5 Å². The van der Waals surface area contributed by atoms with E-state index in [-0.39, 0.29) is 17.6 Å². The summed E-state index contributed by atoms with van der Waals surface area (Å²) in [6, 6.07) is 10.2. The number of benzene rings is 1. The lowest BCUT2D eigenvalue weighted by molar-refractivity contribution is -0.120. The molecule has 0 radical (unpaired) electrons. The van der Waals surface area contributed by atoms with Crippen molar-refractivity contribution in [2.75, 3.05) is 5.32 Å². The number of amides is 1. The fourth-order valence-corrected chi connectivity index (χ4v) is 5.76. The van der Waals surface area contributed by atoms with Gasteiger partial charge in [0.15, 0.2) is 11.0 Å². The molecule has 0 saturated heterocycles. The number of hydrogen-bond donors (Lipinski definition) is 1. The summed E-state index contributed by atoms with van der Waals surface area (Å²) in [6.07, 6.45) is 6.12. The van der Waals surface area contributed by atoms with Gasteiger partial charge in [0.05, 0.1) is 5.52 Å². The molecule has 0 spiro atoms. The molecule has 1 N–H and O–H groups in total. The number of anilines is 1. The van der Waals surface area contributed by atoms with Crippen molar-refractivity contribution in [2.24, 2.45) is 23.7 Å². The number of pyridine rings is 1. The van der Waals surface area contributed by atoms with Crippen molar-refractivity contribution in [2.45, 2.75) is 38.5 Å². The average molecular weight is 439 g/mol. The van der Waals surface area contributed by atoms with E-state index >= 15 is 0 Å². The zero-order valence-corrected chi connectivity index (χ0v) is 18.0. The van der Waals surface area contributed by atoms with E-state index in [9.17, 15) is 9.18 Å². The fraction of sp³-hybridized carbons (Fsp3) is 0.417. The van der Waals surface area contributed by atoms with E-state index in [0.29, 0.717) is 34.6 Å². The van der Waals surface area contributed by atoms with Crippen molar-refractivity contribution in [3.8, 4) is 0 Å². The van der Waals surface area contributed by atoms with E-state index in [4.69, 9.17) is 11.6 Å². The van der Waals surface area contributed by atoms with Crippen molar-refractivity contribution in [1.82, 2.24) is 15.2 Å². The van der Waals surface area contributed by atoms with Gasteiger partial charge in [0.1, 0.15) is 5.82 Å². The van der Waals surface area contributed by atoms with Gasteiger partial charge in [-0.15, -0.1) is 10.2 Å². The van der Waals surface area contributed by atoms with Crippen LogP contribution in [0.2, 0.25) is 5.15 Å². The Kier molecular flexibility index (Phi) is 5.34. The molecular weight excluding hydrogens is 415 g/mol. The predicted molar refractivity (Wildman–Crippen MR) is 118 cm³/mol. The highest BCUT2D eigenvalue weighted by Crippen LogP contribution is 2.54. The molecule has 0 bridgehead atoms. The third-order valence-electron chi connectivity index (χ3n) is 7.23. The molecule has 5 nitrogen and oxygen atoms in total. The van der Waals surface area contributed by atoms with Gasteiger partial charge >= 0.3 is 0 Å². The van der Waals surface area contributed by atoms with Crippen LogP contribution in [0.25, 0.3) is 10.9 Å². The number of halogens is 2. The highest BCUT2D eigenvalue weighted by Gasteiger charge is 2.44. The van der Waals surface area contributed by atoms with Gasteiger partial charge in [-0.2, -0.15) is 0 Å². The standard InChI is InChI=1S/C24H24ClFN4O/c1-13(24(31)28-23-5-4-22(25)29-30-23)14-8-15-10-17(11-16(15)9-14)19-6-7-27-21-3-2-18(26)12-20(19)21/h2-7,12-17H,8-11H2,1H3,(H,28,30,31)/t13?,14-,15-,16+,17+. The van der Waals surface area contributed by atoms with Crippen molar-refractivity contribution < 1.29 is 9.18 Å². The molecular formula is C24H24ClFN4O. The van der Waals surface area contributed by atoms with Crippen LogP contribution in [0.1, 0.15) is 44.1 Å². The third-order valence-corrected chi connectivity index (χ3v) is 7.43. The summed E-state index contributed by atoms with van der Waals surface area (Å²) in [4.78, 5) is 17.1. The summed E-state index contributed by atoms with van der Waals surface area (Å²) >= 11 is 5.76. The maximum atomic E-state index is 13.8. The van der Waals surface area contributed by atoms with E-state index < -0.39 is 0 Å². The first-order chi connectivity index (χ1) is 15.0. The van der Waals surface area contributed by atoms with E-state index in [1.165, 1.54) is 11.6 Å². The Bertz CT molecular complexity index is 1110. The summed E-state index contributed by atoms with van der Waals surface area (Å²) in [7, 11) is 0. The Morgan fingerprint density at radius 3 is 2.58 bits per heavy atom. The molecule has 2 fully saturated rings. The van der Waals surface area contributed by atoms with Crippen LogP contribution >= 0.6 is 11.6 Å². The van der Waals surface area contributed by atoms with Gasteiger partial charge in [-0.05, 0) is 91.3 Å². The van der Waals surface area contributed by atoms with Crippen LogP contribution in [0, 0.1) is 29.5 Å². The molecule has 1 unspecified atom stereocenters. The van der Waals surface area contributed by atoms with Crippen molar-refractivity contribution in [3.05, 3.63) is 59.1 Å². The van der Waals surface area contributed by atoms with Crippen LogP contribution in [0.15, 0.2) is 42.6 Å². The number of hydrogen-bond acceptors (Lipinski definition) is 4. The van der Waals surface area contributed by atoms with Gasteiger partial charge < -0.3 is 5.32 Å². The van der Waals surface area contributed by atoms with E-state index in [0.717, 1.165) is 36.6 Å². The Labute approximate surface area is 185 Å². The quantitative estimate of drug-likeness (QED) is 0.574. The number of rotatable bonds is 4. The van der Waals surface area contributed by atoms with Gasteiger partial charge in [-0.25, -0.2) is 4.39 Å². The highest BCUT2D eigenvalue weighted by atomic mass is 35.5. The first kappa shape index (κ1) is 20.3. The normalized spacial score (nSPS) is 26.0. The molecule has 7 heteroatoms. The molecule has 1 aromatic carbocycles. The van der Waals surface area contributed by atoms with Gasteiger partial charge in [0, 0.05) is 17.5 Å². The molecule has 0 aliphatic heterocycles. The zero-order chi connectivity index (χ0) is 21.5. The summed E-state index contributed by atoms with van der Waals surface area (Å²) in [5.41, 5.74) is 2.06. The fourth-order valence-electron chi connectivity index (χ4n) is 5.66. The molecule has 160 valence electrons. The maximum absolute atomic E-state index is 13.8. The van der Waals surface area contributed by atoms with Crippen LogP contribution in [0.4, 0.5) is 10.2 Å². The molecule has 2 aliphatic carbocycles. The van der Waals surface area contributed by atoms with Gasteiger partial charge in [0.25, 0.3) is 0 Å². The lowest BCUT2D eigenvalue weighted by Gasteiger charge is -2.21. The molecule has 2 aliphatic rings. The molecule has 31 heavy (non-hydrogen) atoms. The van der Waals surface area contributed by atoms with Gasteiger partial charge in [0.2, 0.25) is 5.91 Å². The maximum Gasteiger partial charge on any atom is 0.228 e. The van der Waals surface area contributed by atoms with Gasteiger partial charge in [-0.1, -0.05) is 18.5 Å². The summed E-state index contributed by atoms with van der Waals surface area (Å²) in [5.74, 6) is 2.11. The van der Waals surface area contributed by atoms with Crippen LogP contribution in [-0.2, 0) is 4.79 Å². The Morgan fingerprint density at radius 2 is 1.87 bits per heavy atom. The first-order valence-electron chi connectivity index (χ1n) is 10.8. The summed E-state index contributed by atoms with van der Waals surface area (Å²) in [5, 5.41) is 11.8. The SMILES string of the molecule is CC(C(=O)Nc1ccc(Cl)nn1)[C@H]1C[C@H]2C[C@@H](c3ccnc4ccc(F)cc34)C[C@H]2C1. The molecule has 2 saturated carbocycles. The van der Waals surface area contributed by atoms with Crippen LogP contribution in [0.5, 0.6) is 0 Å². The largest absolute Gasteiger partial charge is 0.309 e. The minimum Gasteiger partial charge on any atom is -0.309 e. The zero-order valence-electron chi connectivity index (χ0n) is 17.3. The number of carbonyl (C=O) groups is 1. The smallest absolute Gasteiger partial charge is 0.228 e. The van der Waals surface area contributed by atoms with Crippen LogP contribution < -0.4 is 5.32 Å². The molecule has 5 rings (SSSR count). The monoisotopic (exact) mass is 438 g/mol. The highest BCUT2D eigenvalue weighted by molar-refractivity contribution is 6.29. The topological polar surface area (TPSA) is 67.8 Å². The summed E-state index contributed by atoms with van der Waals surface area (Å²) in [6.45, 7) is 2.00. The van der Waals surface area contributed by atoms with Crippen molar-refractivity contribution in [3.63, 3.8) is 0 Å². The number of aromatic nitrogens is 3. The predicted octanol–water partition coefficient (Wildman–Crippen LogP) is 5.61. The second-order valence-electron chi connectivity index (χ2n) is 9.00. The summed E-state index contributed by atoms with van der Waals surface area (Å²) < 4.78 is 13.8. The number of fused-ring (bicyclic) bond motifs is 2. The minimum atomic E-state index is -0.217. The van der Waals surface area contributed by atoms with Crippen LogP contribution in [0.3, 0.4) is 0 Å². The molecule has 1 amide bonds. The average Bonchev–Trinajstić information content (AvgIpc) is 3.33. The number of nitrogens with zero attached hydrogens (tertiary/aromatic N) is 3. The third kappa shape index (κ3) is 4.01. The lowest BCUT2D eigenvalue weighted by atomic mass is 9.86. The molecule has 2 aromatic heterocycles. The van der Waals surface area contributed by atoms with Crippen molar-refractivity contribution >= 4 is 34.2 Å². The number of carbonyl (C=O) groups excluding carboxylic acids is 1. The van der Waals surface area contributed by atoms with Crippen LogP contribution in [-0.4, -0.2) is 21.1 Å². The number of nitrogens with one attached hydrogen (secondary N) is 1. The second-order valence-corrected chi connectivity index (χ2v) is 9.39. The molecule has 3 aromatic rings. The Balaban J connectivity index is 1.24. The van der Waals surface area contributed by atoms with E-state index in [1.807, 2.05) is 19.2 Å². The molecule has 2 heterocycles. The lowest BCUT2D eigenvalue weighted by Crippen LogP contribution is -2.26. The first-order valence-corrected chi connectivity index (χ1v) is 11.2. The van der Waals surface area contributed by atoms with Crippen molar-refractivity contribution in [1.29, 1.82) is 0 Å². The second kappa shape index (κ2) is 8.15. The molecule has 5 atom stereocenters. The van der Waals surface area contributed by atoms with E-state index in [1.54, 1.807) is 24.3 Å².